The largest absolute Gasteiger partial charge is 0.491 e. The maximum Gasteiger partial charge on any atom is 0.144 e. The van der Waals surface area contributed by atoms with Crippen LogP contribution >= 0.6 is 0 Å². The van der Waals surface area contributed by atoms with E-state index in [-0.39, 0.29) is 0 Å². The van der Waals surface area contributed by atoms with Crippen LogP contribution in [0.3, 0.4) is 0 Å². The van der Waals surface area contributed by atoms with E-state index in [2.05, 4.69) is 18.8 Å². The summed E-state index contributed by atoms with van der Waals surface area (Å²) >= 11 is 0. The third-order valence-electron chi connectivity index (χ3n) is 2.57. The highest BCUT2D eigenvalue weighted by molar-refractivity contribution is 5.45. The second-order valence-corrected chi connectivity index (χ2v) is 3.86. The molecule has 0 fully saturated rings. The van der Waals surface area contributed by atoms with Gasteiger partial charge in [-0.2, -0.15) is 0 Å². The normalized spacial score (nSPS) is 14.5. The first kappa shape index (κ1) is 8.54. The van der Waals surface area contributed by atoms with Crippen molar-refractivity contribution in [1.29, 1.82) is 0 Å². The second-order valence-electron chi connectivity index (χ2n) is 3.86. The fraction of sp³-hybridized carbons (Fsp3) is 0.545. The van der Waals surface area contributed by atoms with E-state index >= 15 is 0 Å². The number of aryl methyl sites for hydroxylation is 1. The van der Waals surface area contributed by atoms with E-state index in [0.29, 0.717) is 5.92 Å². The molecule has 0 N–H and O–H groups in total. The van der Waals surface area contributed by atoms with E-state index in [4.69, 9.17) is 4.74 Å². The van der Waals surface area contributed by atoms with E-state index in [1.807, 2.05) is 13.1 Å². The van der Waals surface area contributed by atoms with Gasteiger partial charge < -0.3 is 4.74 Å². The molecule has 1 aromatic heterocycles. The molecule has 0 spiro atoms. The molecule has 2 heteroatoms. The summed E-state index contributed by atoms with van der Waals surface area (Å²) in [5.41, 5.74) is 3.75. The molecule has 0 saturated heterocycles. The molecule has 1 aromatic rings. The van der Waals surface area contributed by atoms with E-state index in [1.165, 1.54) is 11.1 Å². The van der Waals surface area contributed by atoms with Gasteiger partial charge in [-0.25, -0.2) is 0 Å². The lowest BCUT2D eigenvalue weighted by molar-refractivity contribution is 0.353. The molecule has 0 unspecified atom stereocenters. The Labute approximate surface area is 78.9 Å². The highest BCUT2D eigenvalue weighted by Gasteiger charge is 2.20. The van der Waals surface area contributed by atoms with Crippen molar-refractivity contribution in [3.63, 3.8) is 0 Å². The molecular weight excluding hydrogens is 162 g/mol. The topological polar surface area (TPSA) is 22.1 Å². The zero-order chi connectivity index (χ0) is 9.42. The van der Waals surface area contributed by atoms with Gasteiger partial charge in [-0.15, -0.1) is 0 Å². The Hall–Kier alpha value is -1.05. The predicted molar refractivity (Wildman–Crippen MR) is 52.3 cm³/mol. The van der Waals surface area contributed by atoms with Crippen LogP contribution in [0.15, 0.2) is 6.20 Å². The summed E-state index contributed by atoms with van der Waals surface area (Å²) < 4.78 is 5.56. The first-order chi connectivity index (χ1) is 6.20. The zero-order valence-electron chi connectivity index (χ0n) is 8.42. The first-order valence-corrected chi connectivity index (χ1v) is 4.81. The van der Waals surface area contributed by atoms with Crippen molar-refractivity contribution in [3.05, 3.63) is 23.0 Å². The number of pyridine rings is 1. The molecule has 2 nitrogen and oxygen atoms in total. The second kappa shape index (κ2) is 3.02. The summed E-state index contributed by atoms with van der Waals surface area (Å²) in [4.78, 5) is 4.35. The van der Waals surface area contributed by atoms with Crippen LogP contribution in [-0.4, -0.2) is 11.6 Å². The number of nitrogens with zero attached hydrogens (tertiary/aromatic N) is 1. The molecule has 70 valence electrons. The lowest BCUT2D eigenvalue weighted by Crippen LogP contribution is -1.96. The van der Waals surface area contributed by atoms with Gasteiger partial charge in [0.15, 0.2) is 0 Å². The van der Waals surface area contributed by atoms with Gasteiger partial charge in [0.25, 0.3) is 0 Å². The molecule has 0 radical (unpaired) electrons. The minimum atomic E-state index is 0.545. The van der Waals surface area contributed by atoms with Crippen molar-refractivity contribution in [2.75, 3.05) is 6.61 Å². The third-order valence-corrected chi connectivity index (χ3v) is 2.57. The Morgan fingerprint density at radius 3 is 2.92 bits per heavy atom. The molecular formula is C11H15NO. The average molecular weight is 177 g/mol. The fourth-order valence-electron chi connectivity index (χ4n) is 1.85. The molecule has 2 rings (SSSR count). The zero-order valence-corrected chi connectivity index (χ0v) is 8.42. The SMILES string of the molecule is Cc1ncc(C(C)C)c2c1OCC2. The molecule has 0 bridgehead atoms. The highest BCUT2D eigenvalue weighted by Crippen LogP contribution is 2.33. The Kier molecular flexibility index (Phi) is 1.98. The molecule has 0 amide bonds. The Balaban J connectivity index is 2.56. The van der Waals surface area contributed by atoms with E-state index < -0.39 is 0 Å². The van der Waals surface area contributed by atoms with Gasteiger partial charge in [-0.3, -0.25) is 4.98 Å². The number of hydrogen-bond donors (Lipinski definition) is 0. The van der Waals surface area contributed by atoms with Crippen LogP contribution in [0.25, 0.3) is 0 Å². The summed E-state index contributed by atoms with van der Waals surface area (Å²) in [6.45, 7) is 7.23. The van der Waals surface area contributed by atoms with Gasteiger partial charge in [-0.05, 0) is 18.4 Å². The molecule has 1 aliphatic rings. The average Bonchev–Trinajstić information content (AvgIpc) is 2.53. The maximum atomic E-state index is 5.56. The molecule has 1 aliphatic heterocycles. The molecule has 0 saturated carbocycles. The fourth-order valence-corrected chi connectivity index (χ4v) is 1.85. The van der Waals surface area contributed by atoms with Gasteiger partial charge in [0.1, 0.15) is 5.75 Å². The number of aromatic nitrogens is 1. The highest BCUT2D eigenvalue weighted by atomic mass is 16.5. The third kappa shape index (κ3) is 1.30. The Morgan fingerprint density at radius 1 is 1.46 bits per heavy atom. The number of hydrogen-bond acceptors (Lipinski definition) is 2. The van der Waals surface area contributed by atoms with Crippen molar-refractivity contribution in [2.45, 2.75) is 33.1 Å². The van der Waals surface area contributed by atoms with Gasteiger partial charge in [0, 0.05) is 18.2 Å². The van der Waals surface area contributed by atoms with Crippen molar-refractivity contribution in [1.82, 2.24) is 4.98 Å². The van der Waals surface area contributed by atoms with Crippen LogP contribution < -0.4 is 4.74 Å². The number of fused-ring (bicyclic) bond motifs is 1. The monoisotopic (exact) mass is 177 g/mol. The van der Waals surface area contributed by atoms with E-state index in [0.717, 1.165) is 24.5 Å². The summed E-state index contributed by atoms with van der Waals surface area (Å²) in [6.07, 6.45) is 3.04. The minimum Gasteiger partial charge on any atom is -0.491 e. The van der Waals surface area contributed by atoms with Crippen LogP contribution in [0.1, 0.15) is 36.6 Å². The van der Waals surface area contributed by atoms with Crippen LogP contribution in [0.4, 0.5) is 0 Å². The van der Waals surface area contributed by atoms with Gasteiger partial charge in [0.2, 0.25) is 0 Å². The smallest absolute Gasteiger partial charge is 0.144 e. The first-order valence-electron chi connectivity index (χ1n) is 4.81. The van der Waals surface area contributed by atoms with Crippen LogP contribution in [0.2, 0.25) is 0 Å². The van der Waals surface area contributed by atoms with Crippen molar-refractivity contribution in [3.8, 4) is 5.75 Å². The lowest BCUT2D eigenvalue weighted by atomic mass is 9.97. The van der Waals surface area contributed by atoms with E-state index in [9.17, 15) is 0 Å². The quantitative estimate of drug-likeness (QED) is 0.657. The summed E-state index contributed by atoms with van der Waals surface area (Å²) in [6, 6.07) is 0. The standard InChI is InChI=1S/C11H15NO/c1-7(2)10-6-12-8(3)11-9(10)4-5-13-11/h6-7H,4-5H2,1-3H3. The summed E-state index contributed by atoms with van der Waals surface area (Å²) in [5.74, 6) is 1.58. The predicted octanol–water partition coefficient (Wildman–Crippen LogP) is 2.45. The Morgan fingerprint density at radius 2 is 2.23 bits per heavy atom. The number of rotatable bonds is 1. The van der Waals surface area contributed by atoms with Crippen LogP contribution in [-0.2, 0) is 6.42 Å². The molecule has 0 aliphatic carbocycles. The van der Waals surface area contributed by atoms with Crippen molar-refractivity contribution < 1.29 is 4.74 Å². The number of ether oxygens (including phenoxy) is 1. The van der Waals surface area contributed by atoms with Gasteiger partial charge in [-0.1, -0.05) is 13.8 Å². The van der Waals surface area contributed by atoms with Gasteiger partial charge in [0.05, 0.1) is 12.3 Å². The van der Waals surface area contributed by atoms with Crippen molar-refractivity contribution in [2.24, 2.45) is 0 Å². The molecule has 0 aromatic carbocycles. The minimum absolute atomic E-state index is 0.545. The van der Waals surface area contributed by atoms with Crippen LogP contribution in [0.5, 0.6) is 5.75 Å². The van der Waals surface area contributed by atoms with Crippen molar-refractivity contribution >= 4 is 0 Å². The molecule has 13 heavy (non-hydrogen) atoms. The van der Waals surface area contributed by atoms with Crippen LogP contribution in [0, 0.1) is 6.92 Å². The summed E-state index contributed by atoms with van der Waals surface area (Å²) in [7, 11) is 0. The lowest BCUT2D eigenvalue weighted by Gasteiger charge is -2.10. The Bertz CT molecular complexity index is 331. The van der Waals surface area contributed by atoms with Gasteiger partial charge >= 0.3 is 0 Å². The molecule has 2 heterocycles. The maximum absolute atomic E-state index is 5.56. The summed E-state index contributed by atoms with van der Waals surface area (Å²) in [5, 5.41) is 0. The van der Waals surface area contributed by atoms with E-state index in [1.54, 1.807) is 0 Å². The molecule has 0 atom stereocenters.